The van der Waals surface area contributed by atoms with Crippen LogP contribution in [0.2, 0.25) is 0 Å². The van der Waals surface area contributed by atoms with Gasteiger partial charge >= 0.3 is 0 Å². The van der Waals surface area contributed by atoms with Crippen molar-refractivity contribution < 1.29 is 9.59 Å². The molecule has 0 aliphatic carbocycles. The Balaban J connectivity index is 1.47. The predicted octanol–water partition coefficient (Wildman–Crippen LogP) is 0.453. The summed E-state index contributed by atoms with van der Waals surface area (Å²) in [4.78, 5) is 28.4. The van der Waals surface area contributed by atoms with E-state index in [2.05, 4.69) is 21.7 Å². The first kappa shape index (κ1) is 13.6. The van der Waals surface area contributed by atoms with Gasteiger partial charge < -0.3 is 10.2 Å². The molecular weight excluding hydrogens is 274 g/mol. The Hall–Kier alpha value is -1.40. The van der Waals surface area contributed by atoms with E-state index in [9.17, 15) is 9.59 Å². The molecule has 1 fully saturated rings. The molecule has 3 heterocycles. The third-order valence-corrected chi connectivity index (χ3v) is 5.08. The van der Waals surface area contributed by atoms with Crippen molar-refractivity contribution >= 4 is 23.2 Å². The van der Waals surface area contributed by atoms with E-state index in [0.29, 0.717) is 6.04 Å². The lowest BCUT2D eigenvalue weighted by Gasteiger charge is -2.46. The van der Waals surface area contributed by atoms with Crippen LogP contribution in [-0.4, -0.2) is 53.8 Å². The van der Waals surface area contributed by atoms with Crippen molar-refractivity contribution in [1.29, 1.82) is 0 Å². The molecule has 5 nitrogen and oxygen atoms in total. The quantitative estimate of drug-likeness (QED) is 0.880. The van der Waals surface area contributed by atoms with Crippen LogP contribution in [0.5, 0.6) is 0 Å². The molecule has 0 saturated carbocycles. The Kier molecular flexibility index (Phi) is 3.76. The lowest BCUT2D eigenvalue weighted by Crippen LogP contribution is -2.62. The van der Waals surface area contributed by atoms with Gasteiger partial charge in [-0.25, -0.2) is 0 Å². The van der Waals surface area contributed by atoms with Crippen LogP contribution in [0.1, 0.15) is 17.4 Å². The topological polar surface area (TPSA) is 52.7 Å². The van der Waals surface area contributed by atoms with Gasteiger partial charge in [0.2, 0.25) is 11.8 Å². The second-order valence-corrected chi connectivity index (χ2v) is 6.45. The molecule has 2 aliphatic rings. The summed E-state index contributed by atoms with van der Waals surface area (Å²) >= 11 is 1.85. The van der Waals surface area contributed by atoms with Crippen molar-refractivity contribution in [3.63, 3.8) is 0 Å². The zero-order chi connectivity index (χ0) is 14.1. The van der Waals surface area contributed by atoms with Gasteiger partial charge in [0.05, 0.1) is 6.54 Å². The van der Waals surface area contributed by atoms with Crippen molar-refractivity contribution in [2.75, 3.05) is 26.2 Å². The molecule has 108 valence electrons. The number of nitrogens with zero attached hydrogens (tertiary/aromatic N) is 2. The van der Waals surface area contributed by atoms with Gasteiger partial charge in [-0.2, -0.15) is 0 Å². The number of nitrogens with one attached hydrogen (secondary N) is 1. The highest BCUT2D eigenvalue weighted by molar-refractivity contribution is 7.10. The van der Waals surface area contributed by atoms with Crippen LogP contribution < -0.4 is 5.32 Å². The van der Waals surface area contributed by atoms with Crippen LogP contribution in [0.4, 0.5) is 0 Å². The number of hydrogen-bond acceptors (Lipinski definition) is 4. The Morgan fingerprint density at radius 3 is 3.00 bits per heavy atom. The summed E-state index contributed by atoms with van der Waals surface area (Å²) in [5, 5.41) is 4.72. The molecule has 2 aliphatic heterocycles. The standard InChI is InChI=1S/C14H19N3O2S/c1-10(18)15-6-14(19)17-8-12(9-17)16-4-2-13-11(7-16)3-5-20-13/h3,5,12H,2,4,6-9H2,1H3,(H,15,18). The van der Waals surface area contributed by atoms with Gasteiger partial charge in [-0.05, 0) is 23.4 Å². The van der Waals surface area contributed by atoms with Crippen LogP contribution in [0.25, 0.3) is 0 Å². The first-order valence-electron chi connectivity index (χ1n) is 6.95. The zero-order valence-corrected chi connectivity index (χ0v) is 12.4. The Bertz CT molecular complexity index is 522. The van der Waals surface area contributed by atoms with Crippen LogP contribution in [0.15, 0.2) is 11.4 Å². The first-order chi connectivity index (χ1) is 9.63. The molecule has 1 aromatic rings. The molecule has 2 amide bonds. The van der Waals surface area contributed by atoms with Crippen LogP contribution in [0.3, 0.4) is 0 Å². The summed E-state index contributed by atoms with van der Waals surface area (Å²) < 4.78 is 0. The average molecular weight is 293 g/mol. The molecule has 3 rings (SSSR count). The number of likely N-dealkylation sites (tertiary alicyclic amines) is 1. The molecule has 1 saturated heterocycles. The van der Waals surface area contributed by atoms with Crippen LogP contribution in [0, 0.1) is 0 Å². The van der Waals surface area contributed by atoms with Gasteiger partial charge in [0.25, 0.3) is 0 Å². The Morgan fingerprint density at radius 2 is 2.25 bits per heavy atom. The van der Waals surface area contributed by atoms with Crippen molar-refractivity contribution in [3.05, 3.63) is 21.9 Å². The average Bonchev–Trinajstić information content (AvgIpc) is 2.82. The minimum absolute atomic E-state index is 0.0182. The van der Waals surface area contributed by atoms with Gasteiger partial charge in [0, 0.05) is 44.0 Å². The van der Waals surface area contributed by atoms with E-state index in [4.69, 9.17) is 0 Å². The maximum absolute atomic E-state index is 11.8. The zero-order valence-electron chi connectivity index (χ0n) is 11.6. The molecule has 1 aromatic heterocycles. The number of hydrogen-bond donors (Lipinski definition) is 1. The highest BCUT2D eigenvalue weighted by Gasteiger charge is 2.35. The van der Waals surface area contributed by atoms with Crippen molar-refractivity contribution in [2.24, 2.45) is 0 Å². The fourth-order valence-corrected chi connectivity index (χ4v) is 3.67. The molecule has 0 aromatic carbocycles. The molecule has 6 heteroatoms. The number of thiophene rings is 1. The fourth-order valence-electron chi connectivity index (χ4n) is 2.78. The summed E-state index contributed by atoms with van der Waals surface area (Å²) in [6.07, 6.45) is 1.13. The highest BCUT2D eigenvalue weighted by Crippen LogP contribution is 2.27. The SMILES string of the molecule is CC(=O)NCC(=O)N1CC(N2CCc3sccc3C2)C1. The molecular formula is C14H19N3O2S. The molecule has 0 radical (unpaired) electrons. The number of carbonyl (C=O) groups is 2. The fraction of sp³-hybridized carbons (Fsp3) is 0.571. The van der Waals surface area contributed by atoms with Gasteiger partial charge in [0.15, 0.2) is 0 Å². The predicted molar refractivity (Wildman–Crippen MR) is 77.5 cm³/mol. The number of amides is 2. The van der Waals surface area contributed by atoms with Crippen molar-refractivity contribution in [1.82, 2.24) is 15.1 Å². The molecule has 20 heavy (non-hydrogen) atoms. The van der Waals surface area contributed by atoms with E-state index in [1.807, 2.05) is 16.2 Å². The second kappa shape index (κ2) is 5.54. The van der Waals surface area contributed by atoms with Crippen molar-refractivity contribution in [3.8, 4) is 0 Å². The molecule has 0 atom stereocenters. The lowest BCUT2D eigenvalue weighted by atomic mass is 10.0. The van der Waals surface area contributed by atoms with E-state index in [1.165, 1.54) is 17.4 Å². The molecule has 0 unspecified atom stereocenters. The number of carbonyl (C=O) groups excluding carboxylic acids is 2. The molecule has 0 spiro atoms. The number of fused-ring (bicyclic) bond motifs is 1. The lowest BCUT2D eigenvalue weighted by molar-refractivity contribution is -0.139. The largest absolute Gasteiger partial charge is 0.347 e. The number of rotatable bonds is 3. The summed E-state index contributed by atoms with van der Waals surface area (Å²) in [5.41, 5.74) is 1.45. The summed E-state index contributed by atoms with van der Waals surface area (Å²) in [5.74, 6) is -0.138. The maximum Gasteiger partial charge on any atom is 0.242 e. The van der Waals surface area contributed by atoms with Gasteiger partial charge in [-0.15, -0.1) is 11.3 Å². The van der Waals surface area contributed by atoms with Gasteiger partial charge in [-0.1, -0.05) is 0 Å². The second-order valence-electron chi connectivity index (χ2n) is 5.45. The van der Waals surface area contributed by atoms with E-state index < -0.39 is 0 Å². The minimum atomic E-state index is -0.156. The highest BCUT2D eigenvalue weighted by atomic mass is 32.1. The molecule has 1 N–H and O–H groups in total. The molecule has 0 bridgehead atoms. The minimum Gasteiger partial charge on any atom is -0.347 e. The third kappa shape index (κ3) is 2.71. The van der Waals surface area contributed by atoms with E-state index >= 15 is 0 Å². The van der Waals surface area contributed by atoms with E-state index in [1.54, 1.807) is 0 Å². The Morgan fingerprint density at radius 1 is 1.45 bits per heavy atom. The summed E-state index contributed by atoms with van der Waals surface area (Å²) in [7, 11) is 0. The van der Waals surface area contributed by atoms with Crippen LogP contribution >= 0.6 is 11.3 Å². The van der Waals surface area contributed by atoms with Gasteiger partial charge in [-0.3, -0.25) is 14.5 Å². The normalized spacial score (nSPS) is 19.4. The summed E-state index contributed by atoms with van der Waals surface area (Å²) in [6, 6.07) is 2.69. The smallest absolute Gasteiger partial charge is 0.242 e. The monoisotopic (exact) mass is 293 g/mol. The third-order valence-electron chi connectivity index (χ3n) is 4.06. The van der Waals surface area contributed by atoms with Gasteiger partial charge in [0.1, 0.15) is 0 Å². The van der Waals surface area contributed by atoms with Crippen LogP contribution in [-0.2, 0) is 22.6 Å². The van der Waals surface area contributed by atoms with E-state index in [-0.39, 0.29) is 18.4 Å². The maximum atomic E-state index is 11.8. The Labute approximate surface area is 122 Å². The first-order valence-corrected chi connectivity index (χ1v) is 7.83. The van der Waals surface area contributed by atoms with Crippen molar-refractivity contribution in [2.45, 2.75) is 25.9 Å². The summed E-state index contributed by atoms with van der Waals surface area (Å²) in [6.45, 7) is 5.23. The van der Waals surface area contributed by atoms with E-state index in [0.717, 1.165) is 32.6 Å².